The van der Waals surface area contributed by atoms with Gasteiger partial charge in [-0.15, -0.1) is 11.8 Å². The fourth-order valence-electron chi connectivity index (χ4n) is 2.83. The number of carbonyl (C=O) groups excluding carboxylic acids is 2. The Morgan fingerprint density at radius 3 is 2.65 bits per heavy atom. The number of β-lactam (4-membered cyclic amide) rings is 1. The smallest absolute Gasteiger partial charge is 0.327 e. The summed E-state index contributed by atoms with van der Waals surface area (Å²) < 4.78 is -0.651. The van der Waals surface area contributed by atoms with Crippen LogP contribution in [0.5, 0.6) is 0 Å². The first-order valence-electron chi connectivity index (χ1n) is 6.82. The van der Waals surface area contributed by atoms with Gasteiger partial charge in [0.15, 0.2) is 0 Å². The van der Waals surface area contributed by atoms with Gasteiger partial charge in [0.1, 0.15) is 23.2 Å². The van der Waals surface area contributed by atoms with Crippen molar-refractivity contribution in [2.24, 2.45) is 0 Å². The third-order valence-corrected chi connectivity index (χ3v) is 5.44. The molecule has 9 nitrogen and oxygen atoms in total. The first-order chi connectivity index (χ1) is 10.7. The fourth-order valence-corrected chi connectivity index (χ4v) is 4.46. The Morgan fingerprint density at radius 2 is 2.09 bits per heavy atom. The number of hydrogen-bond acceptors (Lipinski definition) is 6. The van der Waals surface area contributed by atoms with Crippen LogP contribution in [0.15, 0.2) is 16.9 Å². The second-order valence-electron chi connectivity index (χ2n) is 5.86. The summed E-state index contributed by atoms with van der Waals surface area (Å²) in [5.41, 5.74) is -0.460. The van der Waals surface area contributed by atoms with Crippen LogP contribution in [0, 0.1) is 0 Å². The van der Waals surface area contributed by atoms with Crippen molar-refractivity contribution in [3.63, 3.8) is 0 Å². The molecule has 3 N–H and O–H groups in total. The average molecular weight is 338 g/mol. The van der Waals surface area contributed by atoms with E-state index in [1.807, 2.05) is 0 Å². The molecule has 0 saturated carbocycles. The molecule has 2 fully saturated rings. The third-order valence-electron chi connectivity index (χ3n) is 3.87. The number of thioether (sulfide) groups is 1. The van der Waals surface area contributed by atoms with E-state index >= 15 is 0 Å². The van der Waals surface area contributed by atoms with Gasteiger partial charge in [-0.25, -0.2) is 9.89 Å². The summed E-state index contributed by atoms with van der Waals surface area (Å²) in [6.07, 6.45) is 0. The summed E-state index contributed by atoms with van der Waals surface area (Å²) in [7, 11) is 0. The van der Waals surface area contributed by atoms with Crippen molar-refractivity contribution in [3.05, 3.63) is 28.2 Å². The molecular formula is C13H14N4O5S. The maximum atomic E-state index is 12.2. The van der Waals surface area contributed by atoms with Crippen molar-refractivity contribution in [2.45, 2.75) is 36.1 Å². The Morgan fingerprint density at radius 1 is 1.39 bits per heavy atom. The molecule has 122 valence electrons. The minimum absolute atomic E-state index is 0.0205. The van der Waals surface area contributed by atoms with E-state index in [0.29, 0.717) is 0 Å². The van der Waals surface area contributed by atoms with Crippen LogP contribution >= 0.6 is 11.8 Å². The molecule has 0 bridgehead atoms. The minimum atomic E-state index is -1.06. The zero-order valence-electron chi connectivity index (χ0n) is 12.3. The normalized spacial score (nSPS) is 28.0. The lowest BCUT2D eigenvalue weighted by Crippen LogP contribution is -2.70. The topological polar surface area (TPSA) is 132 Å². The first-order valence-corrected chi connectivity index (χ1v) is 7.70. The zero-order valence-corrected chi connectivity index (χ0v) is 13.1. The van der Waals surface area contributed by atoms with Gasteiger partial charge in [-0.3, -0.25) is 14.4 Å². The molecule has 10 heteroatoms. The van der Waals surface area contributed by atoms with Crippen molar-refractivity contribution in [2.75, 3.05) is 0 Å². The van der Waals surface area contributed by atoms with Crippen LogP contribution in [0.2, 0.25) is 0 Å². The minimum Gasteiger partial charge on any atom is -0.480 e. The molecule has 0 radical (unpaired) electrons. The van der Waals surface area contributed by atoms with Gasteiger partial charge in [-0.1, -0.05) is 0 Å². The predicted molar refractivity (Wildman–Crippen MR) is 79.8 cm³/mol. The van der Waals surface area contributed by atoms with Gasteiger partial charge in [-0.05, 0) is 19.9 Å². The molecule has 1 aromatic rings. The van der Waals surface area contributed by atoms with Crippen LogP contribution in [0.3, 0.4) is 0 Å². The van der Waals surface area contributed by atoms with E-state index in [1.165, 1.54) is 22.7 Å². The number of amides is 2. The van der Waals surface area contributed by atoms with Gasteiger partial charge >= 0.3 is 5.97 Å². The van der Waals surface area contributed by atoms with E-state index in [2.05, 4.69) is 15.5 Å². The van der Waals surface area contributed by atoms with Crippen molar-refractivity contribution in [1.82, 2.24) is 20.4 Å². The second kappa shape index (κ2) is 5.08. The number of carbonyl (C=O) groups is 3. The van der Waals surface area contributed by atoms with Gasteiger partial charge in [0.05, 0.1) is 0 Å². The lowest BCUT2D eigenvalue weighted by molar-refractivity contribution is -0.159. The summed E-state index contributed by atoms with van der Waals surface area (Å²) in [6.45, 7) is 3.51. The highest BCUT2D eigenvalue weighted by molar-refractivity contribution is 8.01. The van der Waals surface area contributed by atoms with E-state index in [1.54, 1.807) is 13.8 Å². The molecule has 2 aliphatic heterocycles. The molecule has 2 aliphatic rings. The van der Waals surface area contributed by atoms with Gasteiger partial charge in [-0.2, -0.15) is 5.10 Å². The summed E-state index contributed by atoms with van der Waals surface area (Å²) in [6, 6.07) is 0.681. The number of aliphatic carboxylic acids is 1. The van der Waals surface area contributed by atoms with Gasteiger partial charge in [0.2, 0.25) is 5.91 Å². The number of aromatic nitrogens is 2. The van der Waals surface area contributed by atoms with Crippen LogP contribution < -0.4 is 10.9 Å². The standard InChI is InChI=1S/C13H14N4O5S/c1-13(2)8(12(21)22)17-10(20)7(11(17)23-13)14-9(19)5-3-4-6(18)16-15-5/h3-4,7-8,11H,1-2H3,(H,14,19)(H,16,18)(H,21,22)/t7-,8+,11-/m1/s1. The van der Waals surface area contributed by atoms with Crippen LogP contribution in [0.25, 0.3) is 0 Å². The van der Waals surface area contributed by atoms with E-state index in [0.717, 1.165) is 6.07 Å². The molecular weight excluding hydrogens is 324 g/mol. The Hall–Kier alpha value is -2.36. The number of nitrogens with one attached hydrogen (secondary N) is 2. The number of carboxylic acid groups (broad SMARTS) is 1. The molecule has 3 rings (SSSR count). The molecule has 23 heavy (non-hydrogen) atoms. The number of carboxylic acids is 1. The van der Waals surface area contributed by atoms with E-state index in [-0.39, 0.29) is 5.69 Å². The van der Waals surface area contributed by atoms with Crippen LogP contribution in [0.1, 0.15) is 24.3 Å². The van der Waals surface area contributed by atoms with Crippen LogP contribution in [0.4, 0.5) is 0 Å². The number of hydrogen-bond donors (Lipinski definition) is 3. The number of aromatic amines is 1. The van der Waals surface area contributed by atoms with Crippen molar-refractivity contribution >= 4 is 29.5 Å². The van der Waals surface area contributed by atoms with Crippen LogP contribution in [-0.2, 0) is 9.59 Å². The lowest BCUT2D eigenvalue weighted by atomic mass is 9.96. The summed E-state index contributed by atoms with van der Waals surface area (Å²) >= 11 is 1.34. The SMILES string of the molecule is CC1(C)S[C@@H]2[C@H](NC(=O)c3ccc(=O)[nH]n3)C(=O)N2[C@H]1C(=O)O. The predicted octanol–water partition coefficient (Wildman–Crippen LogP) is -0.985. The highest BCUT2D eigenvalue weighted by atomic mass is 32.2. The maximum Gasteiger partial charge on any atom is 0.327 e. The molecule has 0 spiro atoms. The Balaban J connectivity index is 1.76. The third kappa shape index (κ3) is 2.38. The van der Waals surface area contributed by atoms with Gasteiger partial charge in [0, 0.05) is 10.8 Å². The van der Waals surface area contributed by atoms with Crippen molar-refractivity contribution in [1.29, 1.82) is 0 Å². The Labute approximate surface area is 134 Å². The first kappa shape index (κ1) is 15.5. The van der Waals surface area contributed by atoms with Gasteiger partial charge < -0.3 is 15.3 Å². The number of nitrogens with zero attached hydrogens (tertiary/aromatic N) is 2. The molecule has 0 unspecified atom stereocenters. The highest BCUT2D eigenvalue weighted by Gasteiger charge is 2.64. The zero-order chi connectivity index (χ0) is 16.9. The van der Waals surface area contributed by atoms with Crippen molar-refractivity contribution in [3.8, 4) is 0 Å². The molecule has 3 heterocycles. The molecule has 0 aromatic carbocycles. The quantitative estimate of drug-likeness (QED) is 0.603. The monoisotopic (exact) mass is 338 g/mol. The molecule has 0 aliphatic carbocycles. The molecule has 2 saturated heterocycles. The second-order valence-corrected chi connectivity index (χ2v) is 7.63. The Kier molecular flexibility index (Phi) is 3.43. The molecule has 1 aromatic heterocycles. The molecule has 3 atom stereocenters. The van der Waals surface area contributed by atoms with Gasteiger partial charge in [0.25, 0.3) is 11.5 Å². The lowest BCUT2D eigenvalue weighted by Gasteiger charge is -2.43. The summed E-state index contributed by atoms with van der Waals surface area (Å²) in [4.78, 5) is 47.9. The fraction of sp³-hybridized carbons (Fsp3) is 0.462. The summed E-state index contributed by atoms with van der Waals surface area (Å²) in [5.74, 6) is -2.10. The summed E-state index contributed by atoms with van der Waals surface area (Å²) in [5, 5.41) is 17.2. The van der Waals surface area contributed by atoms with Crippen molar-refractivity contribution < 1.29 is 19.5 Å². The largest absolute Gasteiger partial charge is 0.480 e. The number of rotatable bonds is 3. The average Bonchev–Trinajstić information content (AvgIpc) is 2.73. The van der Waals surface area contributed by atoms with E-state index in [4.69, 9.17) is 0 Å². The van der Waals surface area contributed by atoms with E-state index < -0.39 is 45.5 Å². The number of H-pyrrole nitrogens is 1. The molecule has 2 amide bonds. The Bertz CT molecular complexity index is 740. The van der Waals surface area contributed by atoms with Crippen LogP contribution in [-0.4, -0.2) is 60.2 Å². The maximum absolute atomic E-state index is 12.2. The highest BCUT2D eigenvalue weighted by Crippen LogP contribution is 2.50. The number of fused-ring (bicyclic) bond motifs is 1. The van der Waals surface area contributed by atoms with E-state index in [9.17, 15) is 24.3 Å².